The molecule has 0 bridgehead atoms. The average Bonchev–Trinajstić information content (AvgIpc) is 2.88. The lowest BCUT2D eigenvalue weighted by molar-refractivity contribution is -0.869. The first-order valence-electron chi connectivity index (χ1n) is 8.93. The number of rotatable bonds is 8. The fraction of sp³-hybridized carbons (Fsp3) is 0.632. The van der Waals surface area contributed by atoms with Crippen LogP contribution in [0.3, 0.4) is 0 Å². The Morgan fingerprint density at radius 2 is 1.92 bits per heavy atom. The van der Waals surface area contributed by atoms with Crippen LogP contribution in [0.4, 0.5) is 5.69 Å². The molecule has 3 atom stereocenters. The van der Waals surface area contributed by atoms with Gasteiger partial charge in [0.05, 0.1) is 33.7 Å². The highest BCUT2D eigenvalue weighted by Crippen LogP contribution is 2.32. The summed E-state index contributed by atoms with van der Waals surface area (Å²) in [5.41, 5.74) is 0.923. The number of para-hydroxylation sites is 1. The molecule has 0 saturated heterocycles. The Kier molecular flexibility index (Phi) is 7.56. The minimum Gasteiger partial charge on any atom is -0.330 e. The maximum Gasteiger partial charge on any atom is 0.228 e. The van der Waals surface area contributed by atoms with E-state index in [1.807, 2.05) is 35.2 Å². The number of quaternary nitrogens is 1. The third-order valence-corrected chi connectivity index (χ3v) is 5.15. The van der Waals surface area contributed by atoms with E-state index in [9.17, 15) is 4.79 Å². The first-order chi connectivity index (χ1) is 11.8. The monoisotopic (exact) mass is 386 g/mol. The van der Waals surface area contributed by atoms with E-state index in [2.05, 4.69) is 26.5 Å². The summed E-state index contributed by atoms with van der Waals surface area (Å²) >= 11 is 12.3. The van der Waals surface area contributed by atoms with Crippen molar-refractivity contribution in [2.24, 2.45) is 0 Å². The number of carbonyl (C=O) groups is 1. The van der Waals surface area contributed by atoms with Crippen molar-refractivity contribution in [3.05, 3.63) is 30.3 Å². The number of nitrogens with one attached hydrogen (secondary N) is 1. The molecule has 1 amide bonds. The highest BCUT2D eigenvalue weighted by Gasteiger charge is 2.39. The lowest BCUT2D eigenvalue weighted by atomic mass is 10.1. The van der Waals surface area contributed by atoms with Crippen LogP contribution in [-0.2, 0) is 4.79 Å². The second-order valence-corrected chi connectivity index (χ2v) is 8.74. The zero-order valence-corrected chi connectivity index (χ0v) is 16.9. The standard InChI is InChI=1S/C19H30Cl2N3O/c1-24(2,3)12-11-22-17-13-15(21)14-18(17)23(19(25)9-10-20)16-7-5-4-6-8-16/h4-8,15,17-18,22H,9-14H2,1-3H3/q+1. The maximum absolute atomic E-state index is 12.8. The Morgan fingerprint density at radius 3 is 2.52 bits per heavy atom. The van der Waals surface area contributed by atoms with E-state index in [0.29, 0.717) is 12.3 Å². The van der Waals surface area contributed by atoms with Crippen LogP contribution in [-0.4, -0.2) is 68.0 Å². The van der Waals surface area contributed by atoms with Gasteiger partial charge in [-0.1, -0.05) is 18.2 Å². The van der Waals surface area contributed by atoms with Crippen LogP contribution in [0.2, 0.25) is 0 Å². The molecule has 3 unspecified atom stereocenters. The predicted molar refractivity (Wildman–Crippen MR) is 107 cm³/mol. The summed E-state index contributed by atoms with van der Waals surface area (Å²) < 4.78 is 0.905. The lowest BCUT2D eigenvalue weighted by Gasteiger charge is -2.34. The Bertz CT molecular complexity index is 547. The minimum atomic E-state index is 0.0630. The minimum absolute atomic E-state index is 0.0630. The van der Waals surface area contributed by atoms with Crippen molar-refractivity contribution in [2.45, 2.75) is 36.7 Å². The van der Waals surface area contributed by atoms with E-state index >= 15 is 0 Å². The molecule has 4 nitrogen and oxygen atoms in total. The van der Waals surface area contributed by atoms with Gasteiger partial charge >= 0.3 is 0 Å². The Labute approximate surface area is 161 Å². The van der Waals surface area contributed by atoms with Crippen molar-refractivity contribution >= 4 is 34.8 Å². The summed E-state index contributed by atoms with van der Waals surface area (Å²) in [6.07, 6.45) is 2.01. The molecule has 0 radical (unpaired) electrons. The highest BCUT2D eigenvalue weighted by atomic mass is 35.5. The molecule has 0 aromatic heterocycles. The van der Waals surface area contributed by atoms with Crippen molar-refractivity contribution in [3.8, 4) is 0 Å². The molecule has 1 N–H and O–H groups in total. The number of amides is 1. The molecule has 1 aromatic rings. The zero-order chi connectivity index (χ0) is 18.4. The summed E-state index contributed by atoms with van der Waals surface area (Å²) in [4.78, 5) is 14.7. The molecule has 0 spiro atoms. The van der Waals surface area contributed by atoms with E-state index in [-0.39, 0.29) is 23.4 Å². The summed E-state index contributed by atoms with van der Waals surface area (Å²) in [5.74, 6) is 0.397. The first kappa shape index (κ1) is 20.5. The van der Waals surface area contributed by atoms with Gasteiger partial charge in [0.15, 0.2) is 0 Å². The van der Waals surface area contributed by atoms with Crippen LogP contribution in [0.15, 0.2) is 30.3 Å². The largest absolute Gasteiger partial charge is 0.330 e. The van der Waals surface area contributed by atoms with Gasteiger partial charge < -0.3 is 14.7 Å². The number of hydrogen-bond donors (Lipinski definition) is 1. The smallest absolute Gasteiger partial charge is 0.228 e. The summed E-state index contributed by atoms with van der Waals surface area (Å²) in [6.45, 7) is 1.93. The van der Waals surface area contributed by atoms with Crippen molar-refractivity contribution in [1.82, 2.24) is 5.32 Å². The Morgan fingerprint density at radius 1 is 1.24 bits per heavy atom. The van der Waals surface area contributed by atoms with Gasteiger partial charge in [-0.3, -0.25) is 4.79 Å². The molecule has 0 aliphatic heterocycles. The molecule has 1 fully saturated rings. The first-order valence-corrected chi connectivity index (χ1v) is 9.90. The van der Waals surface area contributed by atoms with Crippen molar-refractivity contribution in [1.29, 1.82) is 0 Å². The van der Waals surface area contributed by atoms with E-state index in [4.69, 9.17) is 23.2 Å². The van der Waals surface area contributed by atoms with Gasteiger partial charge in [-0.05, 0) is 25.0 Å². The van der Waals surface area contributed by atoms with Gasteiger partial charge in [0.2, 0.25) is 5.91 Å². The summed E-state index contributed by atoms with van der Waals surface area (Å²) in [6, 6.07) is 10.1. The SMILES string of the molecule is C[N+](C)(C)CCNC1CC(Cl)CC1N(C(=O)CCCl)c1ccccc1. The molecular formula is C19H30Cl2N3O+. The zero-order valence-electron chi connectivity index (χ0n) is 15.4. The molecule has 25 heavy (non-hydrogen) atoms. The van der Waals surface area contributed by atoms with Crippen LogP contribution >= 0.6 is 23.2 Å². The number of hydrogen-bond acceptors (Lipinski definition) is 2. The van der Waals surface area contributed by atoms with Crippen LogP contribution in [0, 0.1) is 0 Å². The third-order valence-electron chi connectivity index (χ3n) is 4.60. The van der Waals surface area contributed by atoms with Crippen LogP contribution in [0.5, 0.6) is 0 Å². The fourth-order valence-electron chi connectivity index (χ4n) is 3.36. The number of nitrogens with zero attached hydrogens (tertiary/aromatic N) is 2. The van der Waals surface area contributed by atoms with Gasteiger partial charge in [0, 0.05) is 36.0 Å². The van der Waals surface area contributed by atoms with E-state index < -0.39 is 0 Å². The molecule has 0 heterocycles. The van der Waals surface area contributed by atoms with Gasteiger partial charge in [0.25, 0.3) is 0 Å². The van der Waals surface area contributed by atoms with Crippen molar-refractivity contribution in [2.75, 3.05) is 45.0 Å². The third kappa shape index (κ3) is 6.14. The number of likely N-dealkylation sites (N-methyl/N-ethyl adjacent to an activating group) is 1. The second kappa shape index (κ2) is 9.22. The summed E-state index contributed by atoms with van der Waals surface area (Å²) in [5, 5.41) is 3.72. The van der Waals surface area contributed by atoms with Crippen molar-refractivity contribution < 1.29 is 9.28 Å². The van der Waals surface area contributed by atoms with Crippen molar-refractivity contribution in [3.63, 3.8) is 0 Å². The molecule has 6 heteroatoms. The summed E-state index contributed by atoms with van der Waals surface area (Å²) in [7, 11) is 6.54. The molecule has 1 aromatic carbocycles. The van der Waals surface area contributed by atoms with Gasteiger partial charge in [-0.25, -0.2) is 0 Å². The number of alkyl halides is 2. The van der Waals surface area contributed by atoms with E-state index in [1.54, 1.807) is 0 Å². The predicted octanol–water partition coefficient (Wildman–Crippen LogP) is 3.08. The van der Waals surface area contributed by atoms with Gasteiger partial charge in [-0.2, -0.15) is 0 Å². The number of halogens is 2. The second-order valence-electron chi connectivity index (χ2n) is 7.75. The maximum atomic E-state index is 12.8. The molecule has 2 rings (SSSR count). The molecule has 1 saturated carbocycles. The Hall–Kier alpha value is -0.810. The number of anilines is 1. The normalized spacial score (nSPS) is 23.6. The highest BCUT2D eigenvalue weighted by molar-refractivity contribution is 6.21. The van der Waals surface area contributed by atoms with Crippen LogP contribution in [0.1, 0.15) is 19.3 Å². The van der Waals surface area contributed by atoms with Gasteiger partial charge in [-0.15, -0.1) is 23.2 Å². The average molecular weight is 387 g/mol. The van der Waals surface area contributed by atoms with E-state index in [1.165, 1.54) is 0 Å². The molecule has 1 aliphatic carbocycles. The lowest BCUT2D eigenvalue weighted by Crippen LogP contribution is -2.52. The van der Waals surface area contributed by atoms with Crippen LogP contribution < -0.4 is 10.2 Å². The van der Waals surface area contributed by atoms with E-state index in [0.717, 1.165) is 36.1 Å². The van der Waals surface area contributed by atoms with Crippen LogP contribution in [0.25, 0.3) is 0 Å². The molecule has 1 aliphatic rings. The van der Waals surface area contributed by atoms with Gasteiger partial charge in [0.1, 0.15) is 0 Å². The Balaban J connectivity index is 2.16. The molecule has 140 valence electrons. The number of benzene rings is 1. The topological polar surface area (TPSA) is 32.3 Å². The number of carbonyl (C=O) groups excluding carboxylic acids is 1. The fourth-order valence-corrected chi connectivity index (χ4v) is 3.89. The quantitative estimate of drug-likeness (QED) is 0.549. The molecular weight excluding hydrogens is 357 g/mol.